The molecule has 124 valence electrons. The first kappa shape index (κ1) is 17.3. The maximum atomic E-state index is 12.2. The number of carbonyl (C=O) groups is 3. The van der Waals surface area contributed by atoms with E-state index < -0.39 is 24.0 Å². The van der Waals surface area contributed by atoms with Crippen LogP contribution >= 0.6 is 0 Å². The van der Waals surface area contributed by atoms with E-state index in [2.05, 4.69) is 9.72 Å². The van der Waals surface area contributed by atoms with Crippen LogP contribution in [0.5, 0.6) is 5.75 Å². The Morgan fingerprint density at radius 3 is 2.50 bits per heavy atom. The van der Waals surface area contributed by atoms with Crippen molar-refractivity contribution in [3.8, 4) is 5.75 Å². The van der Waals surface area contributed by atoms with Crippen LogP contribution in [0, 0.1) is 0 Å². The fourth-order valence-corrected chi connectivity index (χ4v) is 1.97. The summed E-state index contributed by atoms with van der Waals surface area (Å²) in [6.45, 7) is 1.92. The van der Waals surface area contributed by atoms with Gasteiger partial charge in [0.15, 0.2) is 5.78 Å². The van der Waals surface area contributed by atoms with E-state index in [1.807, 2.05) is 30.3 Å². The Balaban J connectivity index is 2.06. The van der Waals surface area contributed by atoms with Crippen LogP contribution in [0.15, 0.2) is 48.7 Å². The molecule has 2 aromatic rings. The number of hydrogen-bond acceptors (Lipinski definition) is 6. The van der Waals surface area contributed by atoms with Gasteiger partial charge in [-0.3, -0.25) is 9.59 Å². The summed E-state index contributed by atoms with van der Waals surface area (Å²) in [5.74, 6) is -2.24. The lowest BCUT2D eigenvalue weighted by Gasteiger charge is -2.09. The number of carbonyl (C=O) groups excluding carboxylic acids is 3. The van der Waals surface area contributed by atoms with Gasteiger partial charge in [0.2, 0.25) is 5.78 Å². The summed E-state index contributed by atoms with van der Waals surface area (Å²) in [6, 6.07) is 12.7. The van der Waals surface area contributed by atoms with E-state index in [1.165, 1.54) is 6.20 Å². The van der Waals surface area contributed by atoms with Crippen molar-refractivity contribution in [3.63, 3.8) is 0 Å². The highest BCUT2D eigenvalue weighted by atomic mass is 16.5. The van der Waals surface area contributed by atoms with Gasteiger partial charge in [0.1, 0.15) is 18.1 Å². The maximum Gasteiger partial charge on any atom is 0.375 e. The van der Waals surface area contributed by atoms with E-state index in [4.69, 9.17) is 4.74 Å². The highest BCUT2D eigenvalue weighted by molar-refractivity contribution is 6.38. The molecule has 0 aliphatic heterocycles. The molecule has 0 radical (unpaired) electrons. The molecule has 0 aliphatic rings. The first-order valence-corrected chi connectivity index (χ1v) is 7.46. The van der Waals surface area contributed by atoms with Crippen LogP contribution in [-0.4, -0.2) is 29.1 Å². The van der Waals surface area contributed by atoms with Gasteiger partial charge >= 0.3 is 5.97 Å². The van der Waals surface area contributed by atoms with Crippen molar-refractivity contribution in [2.75, 3.05) is 6.61 Å². The molecule has 0 saturated heterocycles. The maximum absolute atomic E-state index is 12.2. The van der Waals surface area contributed by atoms with Crippen LogP contribution in [0.4, 0.5) is 0 Å². The van der Waals surface area contributed by atoms with Crippen molar-refractivity contribution in [2.24, 2.45) is 0 Å². The van der Waals surface area contributed by atoms with Gasteiger partial charge in [0.25, 0.3) is 0 Å². The molecule has 0 bridgehead atoms. The molecule has 1 aromatic heterocycles. The molecule has 0 saturated carbocycles. The van der Waals surface area contributed by atoms with Crippen molar-refractivity contribution in [3.05, 3.63) is 59.9 Å². The molecule has 2 rings (SSSR count). The van der Waals surface area contributed by atoms with Crippen LogP contribution in [0.3, 0.4) is 0 Å². The van der Waals surface area contributed by atoms with Gasteiger partial charge in [-0.05, 0) is 24.6 Å². The molecule has 1 heterocycles. The lowest BCUT2D eigenvalue weighted by molar-refractivity contribution is -0.153. The minimum Gasteiger partial charge on any atom is -0.487 e. The molecule has 0 unspecified atom stereocenters. The molecule has 0 aliphatic carbocycles. The van der Waals surface area contributed by atoms with E-state index in [0.29, 0.717) is 0 Å². The Hall–Kier alpha value is -3.02. The van der Waals surface area contributed by atoms with Gasteiger partial charge in [-0.15, -0.1) is 0 Å². The minimum atomic E-state index is -1.02. The highest BCUT2D eigenvalue weighted by Gasteiger charge is 2.23. The first-order chi connectivity index (χ1) is 11.6. The van der Waals surface area contributed by atoms with Crippen LogP contribution in [0.2, 0.25) is 0 Å². The summed E-state index contributed by atoms with van der Waals surface area (Å²) in [5, 5.41) is 0. The number of rotatable bonds is 8. The molecule has 0 spiro atoms. The number of ketones is 2. The molecule has 0 atom stereocenters. The Bertz CT molecular complexity index is 727. The lowest BCUT2D eigenvalue weighted by atomic mass is 10.1. The molecule has 24 heavy (non-hydrogen) atoms. The second-order valence-electron chi connectivity index (χ2n) is 4.87. The van der Waals surface area contributed by atoms with Crippen LogP contribution in [0.1, 0.15) is 29.4 Å². The number of benzene rings is 1. The van der Waals surface area contributed by atoms with Gasteiger partial charge in [0, 0.05) is 6.20 Å². The number of pyridine rings is 1. The third-order valence-electron chi connectivity index (χ3n) is 3.10. The van der Waals surface area contributed by atoms with Crippen molar-refractivity contribution >= 4 is 17.5 Å². The van der Waals surface area contributed by atoms with Crippen molar-refractivity contribution < 1.29 is 23.9 Å². The zero-order valence-electron chi connectivity index (χ0n) is 13.2. The summed E-state index contributed by atoms with van der Waals surface area (Å²) in [6.07, 6.45) is 0.828. The van der Waals surface area contributed by atoms with Crippen molar-refractivity contribution in [2.45, 2.75) is 20.0 Å². The molecule has 1 aromatic carbocycles. The third-order valence-corrected chi connectivity index (χ3v) is 3.10. The second kappa shape index (κ2) is 8.57. The number of aromatic nitrogens is 1. The monoisotopic (exact) mass is 327 g/mol. The molecule has 0 N–H and O–H groups in total. The van der Waals surface area contributed by atoms with Gasteiger partial charge in [-0.2, -0.15) is 0 Å². The minimum absolute atomic E-state index is 0.0195. The van der Waals surface area contributed by atoms with Crippen LogP contribution < -0.4 is 4.74 Å². The molecular formula is C18H17NO5. The quantitative estimate of drug-likeness (QED) is 0.320. The average molecular weight is 327 g/mol. The first-order valence-electron chi connectivity index (χ1n) is 7.46. The highest BCUT2D eigenvalue weighted by Crippen LogP contribution is 2.19. The number of nitrogens with zero attached hydrogens (tertiary/aromatic N) is 1. The van der Waals surface area contributed by atoms with Crippen molar-refractivity contribution in [1.29, 1.82) is 0 Å². The third kappa shape index (κ3) is 4.74. The van der Waals surface area contributed by atoms with E-state index in [9.17, 15) is 14.4 Å². The van der Waals surface area contributed by atoms with E-state index in [0.717, 1.165) is 5.56 Å². The summed E-state index contributed by atoms with van der Waals surface area (Å²) >= 11 is 0. The Kier molecular flexibility index (Phi) is 6.19. The lowest BCUT2D eigenvalue weighted by Crippen LogP contribution is -2.21. The topological polar surface area (TPSA) is 82.6 Å². The van der Waals surface area contributed by atoms with Gasteiger partial charge in [-0.1, -0.05) is 30.3 Å². The summed E-state index contributed by atoms with van der Waals surface area (Å²) in [4.78, 5) is 39.2. The zero-order valence-corrected chi connectivity index (χ0v) is 13.2. The number of ether oxygens (including phenoxy) is 2. The summed E-state index contributed by atoms with van der Waals surface area (Å²) in [7, 11) is 0. The number of Topliss-reactive ketones (excluding diaryl/α,β-unsaturated/α-hetero) is 2. The standard InChI is InChI=1S/C18H17NO5/c1-2-23-18(22)15(21)11-14(20)17-16(9-6-10-19-17)24-12-13-7-4-3-5-8-13/h3-10H,2,11-12H2,1H3. The van der Waals surface area contributed by atoms with E-state index >= 15 is 0 Å². The second-order valence-corrected chi connectivity index (χ2v) is 4.87. The summed E-state index contributed by atoms with van der Waals surface area (Å²) in [5.41, 5.74) is 0.952. The molecule has 0 amide bonds. The van der Waals surface area contributed by atoms with Gasteiger partial charge < -0.3 is 9.47 Å². The average Bonchev–Trinajstić information content (AvgIpc) is 2.61. The number of hydrogen-bond donors (Lipinski definition) is 0. The largest absolute Gasteiger partial charge is 0.487 e. The fraction of sp³-hybridized carbons (Fsp3) is 0.222. The van der Waals surface area contributed by atoms with Crippen molar-refractivity contribution in [1.82, 2.24) is 4.98 Å². The summed E-state index contributed by atoms with van der Waals surface area (Å²) < 4.78 is 10.2. The SMILES string of the molecule is CCOC(=O)C(=O)CC(=O)c1ncccc1OCc1ccccc1. The smallest absolute Gasteiger partial charge is 0.375 e. The molecule has 6 heteroatoms. The normalized spacial score (nSPS) is 10.0. The predicted molar refractivity (Wildman–Crippen MR) is 85.6 cm³/mol. The Labute approximate surface area is 139 Å². The van der Waals surface area contributed by atoms with Crippen LogP contribution in [-0.2, 0) is 20.9 Å². The molecular weight excluding hydrogens is 310 g/mol. The van der Waals surface area contributed by atoms with Gasteiger partial charge in [-0.25, -0.2) is 9.78 Å². The Morgan fingerprint density at radius 2 is 1.79 bits per heavy atom. The fourth-order valence-electron chi connectivity index (χ4n) is 1.97. The molecule has 6 nitrogen and oxygen atoms in total. The van der Waals surface area contributed by atoms with Crippen LogP contribution in [0.25, 0.3) is 0 Å². The predicted octanol–water partition coefficient (Wildman–Crippen LogP) is 2.37. The van der Waals surface area contributed by atoms with Gasteiger partial charge in [0.05, 0.1) is 13.0 Å². The number of esters is 1. The Morgan fingerprint density at radius 1 is 1.04 bits per heavy atom. The van der Waals surface area contributed by atoms with E-state index in [-0.39, 0.29) is 24.7 Å². The molecule has 0 fully saturated rings. The zero-order chi connectivity index (χ0) is 17.4. The van der Waals surface area contributed by atoms with E-state index in [1.54, 1.807) is 19.1 Å².